The zero-order valence-electron chi connectivity index (χ0n) is 16.9. The number of hydrogen-bond donors (Lipinski definition) is 0. The minimum Gasteiger partial charge on any atom is -0.268 e. The third-order valence-electron chi connectivity index (χ3n) is 5.19. The summed E-state index contributed by atoms with van der Waals surface area (Å²) in [5, 5.41) is 23.5. The second kappa shape index (κ2) is 8.64. The van der Waals surface area contributed by atoms with Crippen LogP contribution in [0.1, 0.15) is 16.7 Å². The van der Waals surface area contributed by atoms with E-state index in [0.717, 1.165) is 34.5 Å². The molecule has 32 heavy (non-hydrogen) atoms. The summed E-state index contributed by atoms with van der Waals surface area (Å²) in [6, 6.07) is 20.3. The van der Waals surface area contributed by atoms with Gasteiger partial charge in [0.1, 0.15) is 4.90 Å². The van der Waals surface area contributed by atoms with Crippen molar-refractivity contribution in [3.63, 3.8) is 0 Å². The standard InChI is InChI=1S/C23H17N3O5S/c1-15-18-9-5-6-10-20(18)24(23(27)19(15)13-16-7-3-2-4-8-16)32-22-12-11-17(25(28)29)14-21(22)26(30)31/h2-12,14H,13H2,1H3. The molecule has 4 aromatic rings. The normalized spacial score (nSPS) is 10.9. The van der Waals surface area contributed by atoms with Crippen LogP contribution < -0.4 is 5.56 Å². The molecule has 0 atom stereocenters. The molecule has 9 heteroatoms. The summed E-state index contributed by atoms with van der Waals surface area (Å²) in [5.74, 6) is 0. The predicted octanol–water partition coefficient (Wildman–Crippen LogP) is 5.27. The summed E-state index contributed by atoms with van der Waals surface area (Å²) in [7, 11) is 0. The van der Waals surface area contributed by atoms with Gasteiger partial charge in [-0.2, -0.15) is 0 Å². The molecular formula is C23H17N3O5S. The van der Waals surface area contributed by atoms with Crippen LogP contribution in [0.25, 0.3) is 10.9 Å². The zero-order valence-corrected chi connectivity index (χ0v) is 17.7. The maximum atomic E-state index is 13.5. The summed E-state index contributed by atoms with van der Waals surface area (Å²) in [6.45, 7) is 1.89. The second-order valence-electron chi connectivity index (χ2n) is 7.14. The quantitative estimate of drug-likeness (QED) is 0.294. The van der Waals surface area contributed by atoms with Crippen molar-refractivity contribution < 1.29 is 9.85 Å². The van der Waals surface area contributed by atoms with Crippen molar-refractivity contribution in [3.05, 3.63) is 120 Å². The van der Waals surface area contributed by atoms with Crippen LogP contribution in [0.4, 0.5) is 11.4 Å². The molecule has 0 N–H and O–H groups in total. The summed E-state index contributed by atoms with van der Waals surface area (Å²) < 4.78 is 1.43. The third-order valence-corrected chi connectivity index (χ3v) is 6.27. The second-order valence-corrected chi connectivity index (χ2v) is 8.13. The molecular weight excluding hydrogens is 430 g/mol. The first kappa shape index (κ1) is 21.3. The van der Waals surface area contributed by atoms with Crippen LogP contribution in [0.3, 0.4) is 0 Å². The predicted molar refractivity (Wildman–Crippen MR) is 123 cm³/mol. The Balaban J connectivity index is 1.91. The first-order valence-corrected chi connectivity index (χ1v) is 10.4. The van der Waals surface area contributed by atoms with Crippen LogP contribution in [0.2, 0.25) is 0 Å². The Kier molecular flexibility index (Phi) is 5.74. The molecule has 8 nitrogen and oxygen atoms in total. The molecule has 1 aromatic heterocycles. The molecule has 0 radical (unpaired) electrons. The molecule has 0 bridgehead atoms. The number of benzene rings is 3. The van der Waals surface area contributed by atoms with E-state index in [1.807, 2.05) is 49.4 Å². The van der Waals surface area contributed by atoms with Gasteiger partial charge >= 0.3 is 0 Å². The van der Waals surface area contributed by atoms with Crippen LogP contribution in [0.15, 0.2) is 82.5 Å². The highest BCUT2D eigenvalue weighted by Gasteiger charge is 2.23. The fourth-order valence-corrected chi connectivity index (χ4v) is 4.56. The van der Waals surface area contributed by atoms with E-state index in [2.05, 4.69) is 0 Å². The van der Waals surface area contributed by atoms with Gasteiger partial charge in [-0.25, -0.2) is 3.97 Å². The van der Waals surface area contributed by atoms with Crippen molar-refractivity contribution in [1.29, 1.82) is 0 Å². The molecule has 0 fully saturated rings. The molecule has 160 valence electrons. The Morgan fingerprint density at radius 3 is 2.28 bits per heavy atom. The van der Waals surface area contributed by atoms with Crippen LogP contribution in [-0.2, 0) is 6.42 Å². The highest BCUT2D eigenvalue weighted by Crippen LogP contribution is 2.35. The molecule has 0 aliphatic rings. The zero-order chi connectivity index (χ0) is 22.8. The number of rotatable bonds is 6. The van der Waals surface area contributed by atoms with E-state index >= 15 is 0 Å². The number of fused-ring (bicyclic) bond motifs is 1. The number of aryl methyl sites for hydroxylation is 1. The van der Waals surface area contributed by atoms with Crippen molar-refractivity contribution in [2.75, 3.05) is 0 Å². The van der Waals surface area contributed by atoms with Crippen molar-refractivity contribution in [1.82, 2.24) is 3.97 Å². The van der Waals surface area contributed by atoms with Crippen molar-refractivity contribution in [2.45, 2.75) is 18.2 Å². The highest BCUT2D eigenvalue weighted by molar-refractivity contribution is 7.98. The summed E-state index contributed by atoms with van der Waals surface area (Å²) in [6.07, 6.45) is 0.416. The minimum atomic E-state index is -0.688. The van der Waals surface area contributed by atoms with Gasteiger partial charge in [0.25, 0.3) is 16.9 Å². The van der Waals surface area contributed by atoms with Crippen molar-refractivity contribution >= 4 is 34.2 Å². The number of non-ortho nitro benzene ring substituents is 1. The first-order chi connectivity index (χ1) is 15.4. The van der Waals surface area contributed by atoms with E-state index in [9.17, 15) is 25.0 Å². The lowest BCUT2D eigenvalue weighted by atomic mass is 9.99. The molecule has 0 unspecified atom stereocenters. The number of nitro groups is 2. The lowest BCUT2D eigenvalue weighted by Crippen LogP contribution is -2.22. The highest BCUT2D eigenvalue weighted by atomic mass is 32.2. The number of pyridine rings is 1. The molecule has 0 saturated carbocycles. The molecule has 0 aliphatic carbocycles. The average molecular weight is 447 g/mol. The van der Waals surface area contributed by atoms with Gasteiger partial charge in [-0.1, -0.05) is 48.5 Å². The largest absolute Gasteiger partial charge is 0.291 e. The van der Waals surface area contributed by atoms with E-state index in [-0.39, 0.29) is 16.1 Å². The van der Waals surface area contributed by atoms with E-state index in [4.69, 9.17) is 0 Å². The van der Waals surface area contributed by atoms with Gasteiger partial charge in [-0.3, -0.25) is 25.0 Å². The molecule has 0 spiro atoms. The van der Waals surface area contributed by atoms with Crippen LogP contribution in [0.5, 0.6) is 0 Å². The van der Waals surface area contributed by atoms with Gasteiger partial charge in [0.05, 0.1) is 21.4 Å². The smallest absolute Gasteiger partial charge is 0.268 e. The van der Waals surface area contributed by atoms with Crippen LogP contribution >= 0.6 is 11.9 Å². The lowest BCUT2D eigenvalue weighted by Gasteiger charge is -2.15. The molecule has 0 amide bonds. The number of hydrogen-bond acceptors (Lipinski definition) is 6. The first-order valence-electron chi connectivity index (χ1n) is 9.65. The molecule has 3 aromatic carbocycles. The van der Waals surface area contributed by atoms with Crippen LogP contribution in [-0.4, -0.2) is 13.8 Å². The van der Waals surface area contributed by atoms with Crippen molar-refractivity contribution in [2.24, 2.45) is 0 Å². The Labute approximate surface area is 186 Å². The third kappa shape index (κ3) is 3.97. The summed E-state index contributed by atoms with van der Waals surface area (Å²) in [4.78, 5) is 34.9. The van der Waals surface area contributed by atoms with E-state index < -0.39 is 15.5 Å². The van der Waals surface area contributed by atoms with Gasteiger partial charge in [0.2, 0.25) is 0 Å². The lowest BCUT2D eigenvalue weighted by molar-refractivity contribution is -0.396. The topological polar surface area (TPSA) is 108 Å². The Morgan fingerprint density at radius 1 is 0.906 bits per heavy atom. The molecule has 0 aliphatic heterocycles. The Hall–Kier alpha value is -3.98. The van der Waals surface area contributed by atoms with Gasteiger partial charge in [-0.05, 0) is 30.2 Å². The molecule has 4 rings (SSSR count). The average Bonchev–Trinajstić information content (AvgIpc) is 2.80. The number of para-hydroxylation sites is 1. The van der Waals surface area contributed by atoms with Gasteiger partial charge in [0, 0.05) is 35.4 Å². The summed E-state index contributed by atoms with van der Waals surface area (Å²) >= 11 is 0.892. The van der Waals surface area contributed by atoms with E-state index in [1.165, 1.54) is 16.1 Å². The van der Waals surface area contributed by atoms with Gasteiger partial charge in [0.15, 0.2) is 0 Å². The Morgan fingerprint density at radius 2 is 1.59 bits per heavy atom. The SMILES string of the molecule is Cc1c(Cc2ccccc2)c(=O)n(Sc2ccc([N+](=O)[O-])cc2[N+](=O)[O-])c2ccccc12. The van der Waals surface area contributed by atoms with Crippen molar-refractivity contribution in [3.8, 4) is 0 Å². The maximum absolute atomic E-state index is 13.5. The van der Waals surface area contributed by atoms with Gasteiger partial charge < -0.3 is 0 Å². The van der Waals surface area contributed by atoms with Crippen LogP contribution in [0, 0.1) is 27.2 Å². The number of nitrogens with zero attached hydrogens (tertiary/aromatic N) is 3. The Bertz CT molecular complexity index is 1420. The fraction of sp³-hybridized carbons (Fsp3) is 0.0870. The van der Waals surface area contributed by atoms with E-state index in [1.54, 1.807) is 12.1 Å². The van der Waals surface area contributed by atoms with E-state index in [0.29, 0.717) is 17.5 Å². The maximum Gasteiger partial charge on any atom is 0.291 e. The molecule has 0 saturated heterocycles. The number of aromatic nitrogens is 1. The van der Waals surface area contributed by atoms with Gasteiger partial charge in [-0.15, -0.1) is 0 Å². The molecule has 1 heterocycles. The number of nitro benzene ring substituents is 2. The minimum absolute atomic E-state index is 0.141. The fourth-order valence-electron chi connectivity index (χ4n) is 3.56. The monoisotopic (exact) mass is 447 g/mol. The summed E-state index contributed by atoms with van der Waals surface area (Å²) in [5.41, 5.74) is 1.95.